The van der Waals surface area contributed by atoms with Crippen molar-refractivity contribution >= 4 is 11.6 Å². The second-order valence-electron chi connectivity index (χ2n) is 8.06. The number of nitrogens with one attached hydrogen (secondary N) is 1. The first-order chi connectivity index (χ1) is 13.4. The van der Waals surface area contributed by atoms with E-state index in [4.69, 9.17) is 4.74 Å². The average Bonchev–Trinajstić information content (AvgIpc) is 3.42. The van der Waals surface area contributed by atoms with Gasteiger partial charge in [-0.2, -0.15) is 0 Å². The lowest BCUT2D eigenvalue weighted by atomic mass is 10.0. The summed E-state index contributed by atoms with van der Waals surface area (Å²) >= 11 is 0. The van der Waals surface area contributed by atoms with E-state index in [1.807, 2.05) is 18.2 Å². The number of amides is 1. The molecule has 0 unspecified atom stereocenters. The minimum Gasteiger partial charge on any atom is -0.372 e. The molecule has 1 amide bonds. The van der Waals surface area contributed by atoms with E-state index >= 15 is 0 Å². The largest absolute Gasteiger partial charge is 0.372 e. The summed E-state index contributed by atoms with van der Waals surface area (Å²) in [5, 5.41) is 3.10. The lowest BCUT2D eigenvalue weighted by Gasteiger charge is -2.36. The highest BCUT2D eigenvalue weighted by Gasteiger charge is 2.44. The molecule has 5 nitrogen and oxygen atoms in total. The molecule has 2 atom stereocenters. The van der Waals surface area contributed by atoms with Crippen LogP contribution in [0.3, 0.4) is 0 Å². The van der Waals surface area contributed by atoms with Crippen molar-refractivity contribution in [3.63, 3.8) is 0 Å². The quantitative estimate of drug-likeness (QED) is 0.860. The highest BCUT2D eigenvalue weighted by atomic mass is 19.1. The maximum Gasteiger partial charge on any atom is 0.270 e. The molecule has 1 N–H and O–H groups in total. The van der Waals surface area contributed by atoms with Gasteiger partial charge in [0.15, 0.2) is 0 Å². The Morgan fingerprint density at radius 2 is 1.96 bits per heavy atom. The van der Waals surface area contributed by atoms with Gasteiger partial charge in [-0.25, -0.2) is 4.39 Å². The van der Waals surface area contributed by atoms with E-state index in [0.29, 0.717) is 17.7 Å². The van der Waals surface area contributed by atoms with Gasteiger partial charge < -0.3 is 15.0 Å². The molecule has 2 aliphatic rings. The Balaban J connectivity index is 1.46. The number of hydrogen-bond acceptors (Lipinski definition) is 4. The topological polar surface area (TPSA) is 54.5 Å². The van der Waals surface area contributed by atoms with Gasteiger partial charge in [0, 0.05) is 30.5 Å². The summed E-state index contributed by atoms with van der Waals surface area (Å²) in [5.74, 6) is -0.427. The molecule has 0 radical (unpaired) electrons. The van der Waals surface area contributed by atoms with Crippen molar-refractivity contribution < 1.29 is 13.9 Å². The first-order valence-electron chi connectivity index (χ1n) is 9.86. The van der Waals surface area contributed by atoms with Crippen LogP contribution in [0.2, 0.25) is 0 Å². The number of pyridine rings is 1. The number of nitrogens with zero attached hydrogens (tertiary/aromatic N) is 2. The van der Waals surface area contributed by atoms with Gasteiger partial charge in [0.05, 0.1) is 12.2 Å². The molecule has 0 spiro atoms. The third-order valence-corrected chi connectivity index (χ3v) is 5.48. The molecule has 2 aromatic rings. The van der Waals surface area contributed by atoms with Crippen LogP contribution in [-0.2, 0) is 11.2 Å². The smallest absolute Gasteiger partial charge is 0.270 e. The Kier molecular flexibility index (Phi) is 5.06. The lowest BCUT2D eigenvalue weighted by Crippen LogP contribution is -2.45. The van der Waals surface area contributed by atoms with Crippen LogP contribution >= 0.6 is 0 Å². The predicted octanol–water partition coefficient (Wildman–Crippen LogP) is 3.34. The number of ether oxygens (including phenoxy) is 1. The molecule has 2 fully saturated rings. The molecule has 4 rings (SSSR count). The zero-order valence-corrected chi connectivity index (χ0v) is 16.3. The molecule has 1 aromatic carbocycles. The first-order valence-corrected chi connectivity index (χ1v) is 9.86. The number of morpholine rings is 1. The van der Waals surface area contributed by atoms with Gasteiger partial charge in [0.2, 0.25) is 0 Å². The van der Waals surface area contributed by atoms with E-state index in [-0.39, 0.29) is 29.5 Å². The fourth-order valence-corrected chi connectivity index (χ4v) is 3.94. The molecule has 1 saturated heterocycles. The van der Waals surface area contributed by atoms with Crippen LogP contribution in [-0.4, -0.2) is 41.7 Å². The Labute approximate surface area is 164 Å². The van der Waals surface area contributed by atoms with E-state index in [1.165, 1.54) is 6.07 Å². The third-order valence-electron chi connectivity index (χ3n) is 5.48. The fraction of sp³-hybridized carbons (Fsp3) is 0.455. The van der Waals surface area contributed by atoms with Gasteiger partial charge in [-0.3, -0.25) is 9.78 Å². The molecule has 1 aromatic heterocycles. The van der Waals surface area contributed by atoms with Crippen LogP contribution in [0, 0.1) is 5.82 Å². The summed E-state index contributed by atoms with van der Waals surface area (Å²) in [7, 11) is 0. The second-order valence-corrected chi connectivity index (χ2v) is 8.06. The minimum atomic E-state index is -0.362. The summed E-state index contributed by atoms with van der Waals surface area (Å²) in [4.78, 5) is 19.3. The standard InChI is InChI=1S/C22H26FN3O2/c1-15-13-26(14-16(2)28-15)18-7-10-24-20(11-18)21(27)25-22(8-9-22)12-17-5-3-4-6-19(17)23/h3-7,10-11,15-16H,8-9,12-14H2,1-2H3,(H,25,27)/t15-,16+. The van der Waals surface area contributed by atoms with Crippen molar-refractivity contribution in [1.82, 2.24) is 10.3 Å². The van der Waals surface area contributed by atoms with E-state index in [0.717, 1.165) is 31.6 Å². The molecule has 148 valence electrons. The molecule has 1 aliphatic carbocycles. The van der Waals surface area contributed by atoms with Crippen molar-refractivity contribution in [3.8, 4) is 0 Å². The average molecular weight is 383 g/mol. The van der Waals surface area contributed by atoms with Crippen LogP contribution < -0.4 is 10.2 Å². The van der Waals surface area contributed by atoms with Gasteiger partial charge in [0.1, 0.15) is 11.5 Å². The highest BCUT2D eigenvalue weighted by molar-refractivity contribution is 5.94. The number of anilines is 1. The van der Waals surface area contributed by atoms with Gasteiger partial charge in [-0.15, -0.1) is 0 Å². The Hall–Kier alpha value is -2.47. The van der Waals surface area contributed by atoms with Crippen LogP contribution in [0.1, 0.15) is 42.7 Å². The number of carbonyl (C=O) groups excluding carboxylic acids is 1. The Bertz CT molecular complexity index is 858. The van der Waals surface area contributed by atoms with E-state index in [2.05, 4.69) is 29.0 Å². The van der Waals surface area contributed by atoms with E-state index < -0.39 is 0 Å². The molecule has 2 heterocycles. The van der Waals surface area contributed by atoms with Crippen molar-refractivity contribution in [2.45, 2.75) is 50.9 Å². The number of benzene rings is 1. The zero-order valence-electron chi connectivity index (χ0n) is 16.3. The monoisotopic (exact) mass is 383 g/mol. The van der Waals surface area contributed by atoms with Crippen LogP contribution in [0.25, 0.3) is 0 Å². The Morgan fingerprint density at radius 3 is 2.64 bits per heavy atom. The fourth-order valence-electron chi connectivity index (χ4n) is 3.94. The molecule has 6 heteroatoms. The van der Waals surface area contributed by atoms with Crippen LogP contribution in [0.5, 0.6) is 0 Å². The maximum atomic E-state index is 14.0. The van der Waals surface area contributed by atoms with Crippen molar-refractivity contribution in [3.05, 3.63) is 59.7 Å². The number of rotatable bonds is 5. The number of carbonyl (C=O) groups is 1. The highest BCUT2D eigenvalue weighted by Crippen LogP contribution is 2.39. The maximum absolute atomic E-state index is 14.0. The molecule has 1 aliphatic heterocycles. The number of aromatic nitrogens is 1. The van der Waals surface area contributed by atoms with Crippen molar-refractivity contribution in [2.24, 2.45) is 0 Å². The van der Waals surface area contributed by atoms with Crippen molar-refractivity contribution in [1.29, 1.82) is 0 Å². The zero-order chi connectivity index (χ0) is 19.7. The van der Waals surface area contributed by atoms with Gasteiger partial charge in [-0.05, 0) is 56.9 Å². The first kappa shape index (κ1) is 18.9. The third kappa shape index (κ3) is 4.17. The van der Waals surface area contributed by atoms with Crippen molar-refractivity contribution in [2.75, 3.05) is 18.0 Å². The van der Waals surface area contributed by atoms with Crippen LogP contribution in [0.15, 0.2) is 42.6 Å². The summed E-state index contributed by atoms with van der Waals surface area (Å²) in [5.41, 5.74) is 1.64. The SMILES string of the molecule is C[C@@H]1CN(c2ccnc(C(=O)NC3(Cc4ccccc4F)CC3)c2)C[C@H](C)O1. The number of halogens is 1. The molecule has 1 saturated carbocycles. The minimum absolute atomic E-state index is 0.143. The summed E-state index contributed by atoms with van der Waals surface area (Å²) in [6.07, 6.45) is 4.17. The number of hydrogen-bond donors (Lipinski definition) is 1. The predicted molar refractivity (Wildman–Crippen MR) is 106 cm³/mol. The molecular weight excluding hydrogens is 357 g/mol. The summed E-state index contributed by atoms with van der Waals surface area (Å²) < 4.78 is 19.8. The lowest BCUT2D eigenvalue weighted by molar-refractivity contribution is -0.00522. The van der Waals surface area contributed by atoms with Crippen LogP contribution in [0.4, 0.5) is 10.1 Å². The Morgan fingerprint density at radius 1 is 1.25 bits per heavy atom. The molecule has 28 heavy (non-hydrogen) atoms. The summed E-state index contributed by atoms with van der Waals surface area (Å²) in [6.45, 7) is 5.67. The van der Waals surface area contributed by atoms with Gasteiger partial charge in [0.25, 0.3) is 5.91 Å². The van der Waals surface area contributed by atoms with Gasteiger partial charge in [-0.1, -0.05) is 18.2 Å². The second kappa shape index (κ2) is 7.51. The van der Waals surface area contributed by atoms with E-state index in [1.54, 1.807) is 18.3 Å². The normalized spacial score (nSPS) is 23.3. The molecular formula is C22H26FN3O2. The van der Waals surface area contributed by atoms with Gasteiger partial charge >= 0.3 is 0 Å². The van der Waals surface area contributed by atoms with E-state index in [9.17, 15) is 9.18 Å². The molecule has 0 bridgehead atoms. The summed E-state index contributed by atoms with van der Waals surface area (Å²) in [6, 6.07) is 10.5.